The van der Waals surface area contributed by atoms with Crippen LogP contribution in [0.2, 0.25) is 0 Å². The predicted octanol–water partition coefficient (Wildman–Crippen LogP) is 5.38. The summed E-state index contributed by atoms with van der Waals surface area (Å²) >= 11 is 0. The minimum atomic E-state index is -0.0103. The summed E-state index contributed by atoms with van der Waals surface area (Å²) in [6.07, 6.45) is 13.8. The Bertz CT molecular complexity index is 951. The fraction of sp³-hybridized carbons (Fsp3) is 0.500. The lowest BCUT2D eigenvalue weighted by molar-refractivity contribution is -0.114. The van der Waals surface area contributed by atoms with E-state index in [1.165, 1.54) is 46.6 Å². The molecule has 146 valence electrons. The SMILES string of the molecule is CN(C)CCC1CC(C2(C=O)CC2)Cc2ccc3c4c(ccc3c21)C=CCC4. The van der Waals surface area contributed by atoms with E-state index >= 15 is 0 Å². The molecule has 0 amide bonds. The number of carbonyl (C=O) groups excluding carboxylic acids is 1. The standard InChI is InChI=1S/C26H31NO/c1-27(2)14-11-20-16-21(26(17-28)12-13-26)15-19-8-9-23-22-6-4-3-5-18(22)7-10-24(23)25(19)20/h3,5,7-10,17,20-21H,4,6,11-16H2,1-2H3. The maximum Gasteiger partial charge on any atom is 0.126 e. The maximum atomic E-state index is 11.8. The van der Waals surface area contributed by atoms with Crippen LogP contribution in [0.25, 0.3) is 16.8 Å². The van der Waals surface area contributed by atoms with Gasteiger partial charge in [0.2, 0.25) is 0 Å². The number of fused-ring (bicyclic) bond motifs is 5. The molecule has 2 heteroatoms. The average molecular weight is 374 g/mol. The van der Waals surface area contributed by atoms with Crippen LogP contribution in [0.1, 0.15) is 60.3 Å². The second-order valence-electron chi connectivity index (χ2n) is 9.58. The Kier molecular flexibility index (Phi) is 4.43. The topological polar surface area (TPSA) is 20.3 Å². The number of carbonyl (C=O) groups is 1. The van der Waals surface area contributed by atoms with Gasteiger partial charge in [-0.15, -0.1) is 0 Å². The molecule has 2 aromatic rings. The molecule has 0 aliphatic heterocycles. The van der Waals surface area contributed by atoms with Gasteiger partial charge in [0, 0.05) is 5.41 Å². The fourth-order valence-electron chi connectivity index (χ4n) is 5.78. The smallest absolute Gasteiger partial charge is 0.126 e. The highest BCUT2D eigenvalue weighted by molar-refractivity contribution is 5.93. The van der Waals surface area contributed by atoms with Crippen molar-refractivity contribution in [1.29, 1.82) is 0 Å². The van der Waals surface area contributed by atoms with Crippen LogP contribution >= 0.6 is 0 Å². The van der Waals surface area contributed by atoms with E-state index < -0.39 is 0 Å². The van der Waals surface area contributed by atoms with Crippen LogP contribution in [0.4, 0.5) is 0 Å². The quantitative estimate of drug-likeness (QED) is 0.656. The molecule has 2 unspecified atom stereocenters. The van der Waals surface area contributed by atoms with Crippen LogP contribution in [0, 0.1) is 11.3 Å². The van der Waals surface area contributed by atoms with E-state index in [9.17, 15) is 4.79 Å². The zero-order valence-corrected chi connectivity index (χ0v) is 17.2. The van der Waals surface area contributed by atoms with E-state index in [0.29, 0.717) is 11.8 Å². The molecule has 3 aliphatic rings. The average Bonchev–Trinajstić information content (AvgIpc) is 3.52. The normalized spacial score (nSPS) is 24.8. The summed E-state index contributed by atoms with van der Waals surface area (Å²) in [5.41, 5.74) is 6.02. The number of aldehydes is 1. The molecule has 5 rings (SSSR count). The molecule has 1 saturated carbocycles. The van der Waals surface area contributed by atoms with E-state index in [2.05, 4.69) is 55.4 Å². The zero-order valence-electron chi connectivity index (χ0n) is 17.2. The molecule has 0 heterocycles. The lowest BCUT2D eigenvalue weighted by atomic mass is 9.68. The first-order valence-corrected chi connectivity index (χ1v) is 11.0. The first kappa shape index (κ1) is 18.1. The maximum absolute atomic E-state index is 11.8. The number of rotatable bonds is 5. The lowest BCUT2D eigenvalue weighted by Gasteiger charge is -2.36. The summed E-state index contributed by atoms with van der Waals surface area (Å²) in [6, 6.07) is 9.47. The fourth-order valence-corrected chi connectivity index (χ4v) is 5.78. The van der Waals surface area contributed by atoms with Crippen LogP contribution in [0.15, 0.2) is 30.3 Å². The van der Waals surface area contributed by atoms with Crippen molar-refractivity contribution in [2.75, 3.05) is 20.6 Å². The molecule has 2 nitrogen and oxygen atoms in total. The summed E-state index contributed by atoms with van der Waals surface area (Å²) in [6.45, 7) is 1.11. The van der Waals surface area contributed by atoms with Gasteiger partial charge in [0.1, 0.15) is 6.29 Å². The number of allylic oxidation sites excluding steroid dienone is 1. The van der Waals surface area contributed by atoms with Crippen molar-refractivity contribution in [3.63, 3.8) is 0 Å². The molecule has 0 bridgehead atoms. The third-order valence-corrected chi connectivity index (χ3v) is 7.58. The van der Waals surface area contributed by atoms with Crippen molar-refractivity contribution >= 4 is 23.1 Å². The van der Waals surface area contributed by atoms with Crippen molar-refractivity contribution in [3.05, 3.63) is 52.6 Å². The molecule has 28 heavy (non-hydrogen) atoms. The Balaban J connectivity index is 1.62. The molecule has 1 fully saturated rings. The van der Waals surface area contributed by atoms with E-state index in [1.807, 2.05) is 0 Å². The van der Waals surface area contributed by atoms with Gasteiger partial charge >= 0.3 is 0 Å². The van der Waals surface area contributed by atoms with Gasteiger partial charge in [-0.3, -0.25) is 0 Å². The zero-order chi connectivity index (χ0) is 19.3. The Morgan fingerprint density at radius 2 is 1.96 bits per heavy atom. The van der Waals surface area contributed by atoms with E-state index in [-0.39, 0.29) is 5.41 Å². The number of benzene rings is 2. The molecule has 2 atom stereocenters. The summed E-state index contributed by atoms with van der Waals surface area (Å²) in [5.74, 6) is 1.09. The van der Waals surface area contributed by atoms with Crippen LogP contribution in [-0.2, 0) is 17.6 Å². The monoisotopic (exact) mass is 373 g/mol. The van der Waals surface area contributed by atoms with Gasteiger partial charge in [0.05, 0.1) is 0 Å². The first-order valence-electron chi connectivity index (χ1n) is 11.0. The van der Waals surface area contributed by atoms with Crippen molar-refractivity contribution < 1.29 is 4.79 Å². The number of aryl methyl sites for hydroxylation is 1. The summed E-state index contributed by atoms with van der Waals surface area (Å²) in [7, 11) is 4.33. The summed E-state index contributed by atoms with van der Waals surface area (Å²) < 4.78 is 0. The number of hydrogen-bond acceptors (Lipinski definition) is 2. The largest absolute Gasteiger partial charge is 0.309 e. The third-order valence-electron chi connectivity index (χ3n) is 7.58. The summed E-state index contributed by atoms with van der Waals surface area (Å²) in [4.78, 5) is 14.1. The lowest BCUT2D eigenvalue weighted by Crippen LogP contribution is -2.29. The van der Waals surface area contributed by atoms with Gasteiger partial charge in [-0.25, -0.2) is 0 Å². The Labute approximate surface area is 168 Å². The van der Waals surface area contributed by atoms with E-state index in [4.69, 9.17) is 0 Å². The highest BCUT2D eigenvalue weighted by Crippen LogP contribution is 2.57. The Morgan fingerprint density at radius 1 is 1.14 bits per heavy atom. The van der Waals surface area contributed by atoms with Gasteiger partial charge < -0.3 is 9.69 Å². The molecule has 0 N–H and O–H groups in total. The molecule has 0 radical (unpaired) electrons. The van der Waals surface area contributed by atoms with Crippen LogP contribution in [-0.4, -0.2) is 31.8 Å². The van der Waals surface area contributed by atoms with Crippen LogP contribution in [0.3, 0.4) is 0 Å². The van der Waals surface area contributed by atoms with Gasteiger partial charge in [0.15, 0.2) is 0 Å². The molecule has 2 aromatic carbocycles. The van der Waals surface area contributed by atoms with Crippen molar-refractivity contribution in [2.45, 2.75) is 50.9 Å². The van der Waals surface area contributed by atoms with E-state index in [1.54, 1.807) is 5.56 Å². The Morgan fingerprint density at radius 3 is 2.71 bits per heavy atom. The van der Waals surface area contributed by atoms with Gasteiger partial charge in [-0.2, -0.15) is 0 Å². The molecule has 3 aliphatic carbocycles. The van der Waals surface area contributed by atoms with Crippen LogP contribution < -0.4 is 0 Å². The van der Waals surface area contributed by atoms with Crippen molar-refractivity contribution in [2.24, 2.45) is 11.3 Å². The Hall–Kier alpha value is -1.93. The molecule has 0 aromatic heterocycles. The molecule has 0 saturated heterocycles. The predicted molar refractivity (Wildman–Crippen MR) is 117 cm³/mol. The van der Waals surface area contributed by atoms with E-state index in [0.717, 1.165) is 38.6 Å². The second kappa shape index (κ2) is 6.84. The second-order valence-corrected chi connectivity index (χ2v) is 9.58. The third kappa shape index (κ3) is 2.93. The highest BCUT2D eigenvalue weighted by atomic mass is 16.1. The number of hydrogen-bond donors (Lipinski definition) is 0. The number of nitrogens with zero attached hydrogens (tertiary/aromatic N) is 1. The molecular weight excluding hydrogens is 342 g/mol. The minimum Gasteiger partial charge on any atom is -0.309 e. The molecular formula is C26H31NO. The van der Waals surface area contributed by atoms with Gasteiger partial charge in [-0.1, -0.05) is 36.4 Å². The minimum absolute atomic E-state index is 0.0103. The molecule has 0 spiro atoms. The first-order chi connectivity index (χ1) is 13.6. The van der Waals surface area contributed by atoms with Crippen molar-refractivity contribution in [3.8, 4) is 0 Å². The summed E-state index contributed by atoms with van der Waals surface area (Å²) in [5, 5.41) is 2.94. The highest BCUT2D eigenvalue weighted by Gasteiger charge is 2.51. The van der Waals surface area contributed by atoms with Gasteiger partial charge in [0.25, 0.3) is 0 Å². The van der Waals surface area contributed by atoms with Crippen molar-refractivity contribution in [1.82, 2.24) is 4.90 Å². The van der Waals surface area contributed by atoms with Crippen LogP contribution in [0.5, 0.6) is 0 Å². The van der Waals surface area contributed by atoms with Gasteiger partial charge in [-0.05, 0) is 110 Å².